The molecule has 1 saturated heterocycles. The molecule has 2 saturated carbocycles. The van der Waals surface area contributed by atoms with Gasteiger partial charge < -0.3 is 29.2 Å². The summed E-state index contributed by atoms with van der Waals surface area (Å²) >= 11 is 0. The molecule has 3 aliphatic rings. The number of hydrogen-bond donors (Lipinski definition) is 2. The van der Waals surface area contributed by atoms with E-state index in [1.165, 1.54) is 13.0 Å². The Hall–Kier alpha value is -2.75. The van der Waals surface area contributed by atoms with Crippen molar-refractivity contribution in [2.75, 3.05) is 6.61 Å². The summed E-state index contributed by atoms with van der Waals surface area (Å²) in [7, 11) is 0. The summed E-state index contributed by atoms with van der Waals surface area (Å²) in [6, 6.07) is 9.28. The minimum Gasteiger partial charge on any atom is -0.460 e. The van der Waals surface area contributed by atoms with Crippen molar-refractivity contribution in [1.82, 2.24) is 0 Å². The summed E-state index contributed by atoms with van der Waals surface area (Å²) < 4.78 is 24.3. The molecule has 4 rings (SSSR count). The molecular weight excluding hydrogens is 480 g/mol. The van der Waals surface area contributed by atoms with Crippen LogP contribution in [0.2, 0.25) is 0 Å². The lowest BCUT2D eigenvalue weighted by atomic mass is 9.47. The second-order valence-electron chi connectivity index (χ2n) is 11.2. The van der Waals surface area contributed by atoms with Crippen LogP contribution in [0.1, 0.15) is 59.4 Å². The van der Waals surface area contributed by atoms with Crippen LogP contribution in [0, 0.1) is 11.3 Å². The predicted octanol–water partition coefficient (Wildman–Crippen LogP) is 2.57. The molecule has 3 fully saturated rings. The number of aliphatic hydroxyl groups excluding tert-OH is 1. The van der Waals surface area contributed by atoms with E-state index in [1.54, 1.807) is 19.9 Å². The van der Waals surface area contributed by atoms with Crippen molar-refractivity contribution in [3.63, 3.8) is 0 Å². The summed E-state index contributed by atoms with van der Waals surface area (Å²) in [6.07, 6.45) is 0.974. The van der Waals surface area contributed by atoms with E-state index in [9.17, 15) is 24.6 Å². The highest BCUT2D eigenvalue weighted by Crippen LogP contribution is 2.68. The highest BCUT2D eigenvalue weighted by molar-refractivity contribution is 5.87. The van der Waals surface area contributed by atoms with Crippen LogP contribution in [0.25, 0.3) is 6.08 Å². The fraction of sp³-hybridized carbons (Fsp3) is 0.607. The number of carbonyl (C=O) groups is 3. The van der Waals surface area contributed by atoms with Crippen LogP contribution < -0.4 is 0 Å². The number of benzene rings is 1. The standard InChI is InChI=1S/C28H36O9/c1-17(30)34-24-19-15-21(36-22(31)12-11-18-9-7-6-8-10-18)27(5)20(35-23(32)16-29)13-14-26(4,33)28(24,27)37-25(19,2)3/h6-12,19-21,24,29,33H,13-16H2,1-5H3/t19-,20+,21+,24-,26+,27+,28+/m1/s1. The zero-order valence-corrected chi connectivity index (χ0v) is 21.9. The lowest BCUT2D eigenvalue weighted by Gasteiger charge is -2.64. The first-order valence-electron chi connectivity index (χ1n) is 12.6. The molecule has 2 aliphatic carbocycles. The van der Waals surface area contributed by atoms with Crippen molar-refractivity contribution >= 4 is 24.0 Å². The van der Waals surface area contributed by atoms with Gasteiger partial charge in [-0.05, 0) is 58.6 Å². The molecule has 0 aromatic heterocycles. The van der Waals surface area contributed by atoms with E-state index in [4.69, 9.17) is 18.9 Å². The Labute approximate surface area is 216 Å². The van der Waals surface area contributed by atoms with E-state index in [1.807, 2.05) is 44.2 Å². The number of esters is 3. The first kappa shape index (κ1) is 27.3. The lowest BCUT2D eigenvalue weighted by Crippen LogP contribution is -2.79. The fourth-order valence-electron chi connectivity index (χ4n) is 6.88. The largest absolute Gasteiger partial charge is 0.460 e. The van der Waals surface area contributed by atoms with Crippen LogP contribution in [0.3, 0.4) is 0 Å². The molecule has 0 unspecified atom stereocenters. The maximum Gasteiger partial charge on any atom is 0.332 e. The van der Waals surface area contributed by atoms with Crippen LogP contribution in [0.4, 0.5) is 0 Å². The van der Waals surface area contributed by atoms with Crippen molar-refractivity contribution in [3.05, 3.63) is 42.0 Å². The summed E-state index contributed by atoms with van der Waals surface area (Å²) in [4.78, 5) is 37.6. The number of hydrogen-bond acceptors (Lipinski definition) is 9. The molecule has 1 heterocycles. The summed E-state index contributed by atoms with van der Waals surface area (Å²) in [5.74, 6) is -2.41. The number of ether oxygens (including phenoxy) is 4. The topological polar surface area (TPSA) is 129 Å². The molecule has 1 spiro atoms. The van der Waals surface area contributed by atoms with E-state index >= 15 is 0 Å². The van der Waals surface area contributed by atoms with Gasteiger partial charge >= 0.3 is 17.9 Å². The van der Waals surface area contributed by atoms with Gasteiger partial charge in [-0.3, -0.25) is 4.79 Å². The van der Waals surface area contributed by atoms with Crippen LogP contribution in [0.5, 0.6) is 0 Å². The van der Waals surface area contributed by atoms with Gasteiger partial charge in [0.05, 0.1) is 16.6 Å². The second-order valence-corrected chi connectivity index (χ2v) is 11.2. The van der Waals surface area contributed by atoms with Crippen molar-refractivity contribution in [1.29, 1.82) is 0 Å². The molecule has 37 heavy (non-hydrogen) atoms. The number of carbonyl (C=O) groups excluding carboxylic acids is 3. The van der Waals surface area contributed by atoms with Gasteiger partial charge in [-0.15, -0.1) is 0 Å². The van der Waals surface area contributed by atoms with Crippen LogP contribution in [0.15, 0.2) is 36.4 Å². The number of fused-ring (bicyclic) bond motifs is 1. The van der Waals surface area contributed by atoms with Crippen LogP contribution in [-0.2, 0) is 33.3 Å². The SMILES string of the molecule is CC(=O)O[C@@H]1[C@H]2C[C@H](OC(=O)C=Cc3ccccc3)[C@]3(C)[C@@H](OC(=O)CO)CC[C@](C)(O)[C@@]13OC2(C)C. The van der Waals surface area contributed by atoms with Gasteiger partial charge in [0, 0.05) is 18.9 Å². The van der Waals surface area contributed by atoms with E-state index in [-0.39, 0.29) is 19.3 Å². The third kappa shape index (κ3) is 4.36. The average Bonchev–Trinajstić information content (AvgIpc) is 3.01. The summed E-state index contributed by atoms with van der Waals surface area (Å²) in [6.45, 7) is 7.52. The lowest BCUT2D eigenvalue weighted by molar-refractivity contribution is -0.329. The first-order chi connectivity index (χ1) is 17.3. The summed E-state index contributed by atoms with van der Waals surface area (Å²) in [5, 5.41) is 21.3. The number of aliphatic hydroxyl groups is 2. The van der Waals surface area contributed by atoms with Gasteiger partial charge in [-0.2, -0.15) is 0 Å². The maximum absolute atomic E-state index is 13.1. The Bertz CT molecular complexity index is 1080. The highest BCUT2D eigenvalue weighted by atomic mass is 16.6. The van der Waals surface area contributed by atoms with Crippen molar-refractivity contribution in [3.8, 4) is 0 Å². The molecule has 1 aromatic carbocycles. The van der Waals surface area contributed by atoms with Gasteiger partial charge in [-0.1, -0.05) is 30.3 Å². The molecule has 2 bridgehead atoms. The van der Waals surface area contributed by atoms with Crippen molar-refractivity contribution in [2.24, 2.45) is 11.3 Å². The predicted molar refractivity (Wildman–Crippen MR) is 132 cm³/mol. The van der Waals surface area contributed by atoms with Gasteiger partial charge in [0.1, 0.15) is 30.5 Å². The Balaban J connectivity index is 1.80. The first-order valence-corrected chi connectivity index (χ1v) is 12.6. The fourth-order valence-corrected chi connectivity index (χ4v) is 6.88. The van der Waals surface area contributed by atoms with Gasteiger partial charge in [0.25, 0.3) is 0 Å². The minimum absolute atomic E-state index is 0.168. The zero-order chi connectivity index (χ0) is 27.2. The normalized spacial score (nSPS) is 38.0. The highest BCUT2D eigenvalue weighted by Gasteiger charge is 2.82. The number of rotatable bonds is 6. The Kier molecular flexibility index (Phi) is 7.03. The third-order valence-electron chi connectivity index (χ3n) is 8.55. The molecule has 0 radical (unpaired) electrons. The Morgan fingerprint density at radius 2 is 1.73 bits per heavy atom. The molecule has 0 amide bonds. The third-order valence-corrected chi connectivity index (χ3v) is 8.55. The molecular formula is C28H36O9. The van der Waals surface area contributed by atoms with Crippen molar-refractivity contribution < 1.29 is 43.5 Å². The van der Waals surface area contributed by atoms with Crippen LogP contribution in [-0.4, -0.2) is 69.8 Å². The molecule has 2 N–H and O–H groups in total. The molecule has 1 aliphatic heterocycles. The van der Waals surface area contributed by atoms with E-state index in [0.29, 0.717) is 0 Å². The van der Waals surface area contributed by atoms with Crippen LogP contribution >= 0.6 is 0 Å². The zero-order valence-electron chi connectivity index (χ0n) is 21.9. The average molecular weight is 517 g/mol. The summed E-state index contributed by atoms with van der Waals surface area (Å²) in [5.41, 5.74) is -4.46. The van der Waals surface area contributed by atoms with Gasteiger partial charge in [0.15, 0.2) is 0 Å². The molecule has 9 nitrogen and oxygen atoms in total. The monoisotopic (exact) mass is 516 g/mol. The quantitative estimate of drug-likeness (QED) is 0.333. The maximum atomic E-state index is 13.1. The second kappa shape index (κ2) is 9.53. The Morgan fingerprint density at radius 3 is 2.35 bits per heavy atom. The van der Waals surface area contributed by atoms with Gasteiger partial charge in [-0.25, -0.2) is 9.59 Å². The van der Waals surface area contributed by atoms with E-state index in [0.717, 1.165) is 5.56 Å². The van der Waals surface area contributed by atoms with Gasteiger partial charge in [0.2, 0.25) is 0 Å². The molecule has 1 aromatic rings. The Morgan fingerprint density at radius 1 is 1.05 bits per heavy atom. The van der Waals surface area contributed by atoms with Crippen molar-refractivity contribution in [2.45, 2.75) is 89.0 Å². The van der Waals surface area contributed by atoms with E-state index < -0.39 is 71.0 Å². The smallest absolute Gasteiger partial charge is 0.332 e. The molecule has 9 heteroatoms. The molecule has 202 valence electrons. The van der Waals surface area contributed by atoms with E-state index in [2.05, 4.69) is 0 Å². The minimum atomic E-state index is -1.56. The molecule has 7 atom stereocenters.